The van der Waals surface area contributed by atoms with Gasteiger partial charge in [0.05, 0.1) is 6.61 Å². The zero-order valence-electron chi connectivity index (χ0n) is 12.5. The van der Waals surface area contributed by atoms with Crippen LogP contribution in [0.3, 0.4) is 0 Å². The minimum absolute atomic E-state index is 0.519. The van der Waals surface area contributed by atoms with Gasteiger partial charge in [0.15, 0.2) is 0 Å². The van der Waals surface area contributed by atoms with Gasteiger partial charge in [-0.05, 0) is 51.1 Å². The van der Waals surface area contributed by atoms with Crippen molar-refractivity contribution in [1.29, 1.82) is 0 Å². The summed E-state index contributed by atoms with van der Waals surface area (Å²) >= 11 is 0. The molecule has 3 heteroatoms. The van der Waals surface area contributed by atoms with E-state index < -0.39 is 0 Å². The number of likely N-dealkylation sites (N-methyl/N-ethyl adjacent to an activating group) is 1. The van der Waals surface area contributed by atoms with Crippen molar-refractivity contribution in [3.8, 4) is 0 Å². The summed E-state index contributed by atoms with van der Waals surface area (Å²) in [5, 5.41) is 3.53. The van der Waals surface area contributed by atoms with Gasteiger partial charge in [-0.3, -0.25) is 0 Å². The molecule has 2 rings (SSSR count). The first-order chi connectivity index (χ1) is 8.52. The largest absolute Gasteiger partial charge is 0.380 e. The van der Waals surface area contributed by atoms with E-state index in [9.17, 15) is 0 Å². The van der Waals surface area contributed by atoms with E-state index in [0.29, 0.717) is 17.5 Å². The Kier molecular flexibility index (Phi) is 4.68. The molecule has 3 unspecified atom stereocenters. The predicted octanol–water partition coefficient (Wildman–Crippen LogP) is 2.12. The molecule has 0 aromatic carbocycles. The summed E-state index contributed by atoms with van der Waals surface area (Å²) in [6.45, 7) is 7.93. The molecule has 1 aliphatic carbocycles. The smallest absolute Gasteiger partial charge is 0.0622 e. The van der Waals surface area contributed by atoms with E-state index in [4.69, 9.17) is 4.74 Å². The van der Waals surface area contributed by atoms with E-state index in [1.54, 1.807) is 0 Å². The molecule has 0 amide bonds. The highest BCUT2D eigenvalue weighted by Gasteiger charge is 2.35. The van der Waals surface area contributed by atoms with E-state index >= 15 is 0 Å². The highest BCUT2D eigenvalue weighted by atomic mass is 16.5. The Balaban J connectivity index is 1.91. The topological polar surface area (TPSA) is 24.5 Å². The first kappa shape index (κ1) is 14.3. The summed E-state index contributed by atoms with van der Waals surface area (Å²) in [5.74, 6) is 0.782. The Hall–Kier alpha value is -0.120. The summed E-state index contributed by atoms with van der Waals surface area (Å²) in [5.41, 5.74) is 0.519. The van der Waals surface area contributed by atoms with E-state index in [1.807, 2.05) is 0 Å². The lowest BCUT2D eigenvalue weighted by Gasteiger charge is -2.43. The average molecular weight is 254 g/mol. The van der Waals surface area contributed by atoms with Gasteiger partial charge in [0.2, 0.25) is 0 Å². The van der Waals surface area contributed by atoms with Crippen LogP contribution < -0.4 is 5.32 Å². The molecule has 0 radical (unpaired) electrons. The van der Waals surface area contributed by atoms with Crippen LogP contribution in [0.4, 0.5) is 0 Å². The fraction of sp³-hybridized carbons (Fsp3) is 1.00. The molecule has 0 aromatic heterocycles. The molecule has 1 heterocycles. The van der Waals surface area contributed by atoms with Crippen molar-refractivity contribution in [2.24, 2.45) is 11.3 Å². The third-order valence-corrected chi connectivity index (χ3v) is 4.94. The van der Waals surface area contributed by atoms with Crippen LogP contribution >= 0.6 is 0 Å². The van der Waals surface area contributed by atoms with Crippen molar-refractivity contribution in [2.75, 3.05) is 33.9 Å². The molecule has 106 valence electrons. The molecule has 2 aliphatic rings. The number of rotatable bonds is 4. The number of hydrogen-bond acceptors (Lipinski definition) is 3. The van der Waals surface area contributed by atoms with Crippen LogP contribution in [0.25, 0.3) is 0 Å². The van der Waals surface area contributed by atoms with Gasteiger partial charge in [-0.25, -0.2) is 0 Å². The molecular weight excluding hydrogens is 224 g/mol. The Morgan fingerprint density at radius 1 is 1.33 bits per heavy atom. The van der Waals surface area contributed by atoms with E-state index in [2.05, 4.69) is 38.2 Å². The Bertz CT molecular complexity index is 261. The fourth-order valence-electron chi connectivity index (χ4n) is 3.70. The molecule has 0 bridgehead atoms. The number of nitrogens with zero attached hydrogens (tertiary/aromatic N) is 1. The molecule has 3 nitrogen and oxygen atoms in total. The van der Waals surface area contributed by atoms with Gasteiger partial charge in [-0.1, -0.05) is 13.8 Å². The Labute approximate surface area is 112 Å². The SMILES string of the molecule is CNC1CCC(C)(C)CC1CN(C)C1CCOC1. The standard InChI is InChI=1S/C15H30N2O/c1-15(2)7-5-14(16-3)12(9-15)10-17(4)13-6-8-18-11-13/h12-14,16H,5-11H2,1-4H3. The summed E-state index contributed by atoms with van der Waals surface area (Å²) < 4.78 is 5.50. The first-order valence-electron chi connectivity index (χ1n) is 7.47. The second-order valence-corrected chi connectivity index (χ2v) is 7.02. The molecule has 0 aromatic rings. The van der Waals surface area contributed by atoms with Gasteiger partial charge in [0, 0.05) is 25.2 Å². The summed E-state index contributed by atoms with van der Waals surface area (Å²) in [7, 11) is 4.39. The number of ether oxygens (including phenoxy) is 1. The molecule has 1 aliphatic heterocycles. The summed E-state index contributed by atoms with van der Waals surface area (Å²) in [6, 6.07) is 1.34. The zero-order chi connectivity index (χ0) is 13.2. The van der Waals surface area contributed by atoms with Crippen LogP contribution in [0.15, 0.2) is 0 Å². The van der Waals surface area contributed by atoms with Crippen molar-refractivity contribution in [3.63, 3.8) is 0 Å². The van der Waals surface area contributed by atoms with Gasteiger partial charge < -0.3 is 15.0 Å². The average Bonchev–Trinajstić information content (AvgIpc) is 2.81. The van der Waals surface area contributed by atoms with Gasteiger partial charge in [-0.15, -0.1) is 0 Å². The highest BCUT2D eigenvalue weighted by Crippen LogP contribution is 2.39. The lowest BCUT2D eigenvalue weighted by molar-refractivity contribution is 0.0904. The van der Waals surface area contributed by atoms with E-state index in [1.165, 1.54) is 32.2 Å². The van der Waals surface area contributed by atoms with Crippen LogP contribution in [-0.4, -0.2) is 50.8 Å². The molecule has 18 heavy (non-hydrogen) atoms. The summed E-state index contributed by atoms with van der Waals surface area (Å²) in [4.78, 5) is 2.53. The van der Waals surface area contributed by atoms with Crippen molar-refractivity contribution >= 4 is 0 Å². The van der Waals surface area contributed by atoms with Crippen molar-refractivity contribution < 1.29 is 4.74 Å². The minimum atomic E-state index is 0.519. The molecule has 3 atom stereocenters. The molecule has 1 N–H and O–H groups in total. The lowest BCUT2D eigenvalue weighted by atomic mass is 9.69. The van der Waals surface area contributed by atoms with Gasteiger partial charge in [0.25, 0.3) is 0 Å². The molecule has 2 fully saturated rings. The van der Waals surface area contributed by atoms with Crippen LogP contribution in [0.5, 0.6) is 0 Å². The Morgan fingerprint density at radius 2 is 2.11 bits per heavy atom. The van der Waals surface area contributed by atoms with Crippen molar-refractivity contribution in [3.05, 3.63) is 0 Å². The fourth-order valence-corrected chi connectivity index (χ4v) is 3.70. The second kappa shape index (κ2) is 5.89. The second-order valence-electron chi connectivity index (χ2n) is 7.02. The molecule has 0 spiro atoms. The van der Waals surface area contributed by atoms with Gasteiger partial charge in [0.1, 0.15) is 0 Å². The van der Waals surface area contributed by atoms with Gasteiger partial charge in [-0.2, -0.15) is 0 Å². The lowest BCUT2D eigenvalue weighted by Crippen LogP contribution is -2.47. The quantitative estimate of drug-likeness (QED) is 0.832. The maximum Gasteiger partial charge on any atom is 0.0622 e. The molecule has 1 saturated carbocycles. The maximum absolute atomic E-state index is 5.50. The highest BCUT2D eigenvalue weighted by molar-refractivity contribution is 4.90. The van der Waals surface area contributed by atoms with Crippen LogP contribution in [0.2, 0.25) is 0 Å². The van der Waals surface area contributed by atoms with E-state index in [-0.39, 0.29) is 0 Å². The van der Waals surface area contributed by atoms with Crippen molar-refractivity contribution in [2.45, 2.75) is 51.6 Å². The molecular formula is C15H30N2O. The summed E-state index contributed by atoms with van der Waals surface area (Å²) in [6.07, 6.45) is 5.22. The van der Waals surface area contributed by atoms with Crippen LogP contribution in [-0.2, 0) is 4.74 Å². The van der Waals surface area contributed by atoms with Crippen LogP contribution in [0.1, 0.15) is 39.5 Å². The normalized spacial score (nSPS) is 36.2. The monoisotopic (exact) mass is 254 g/mol. The molecule has 1 saturated heterocycles. The zero-order valence-corrected chi connectivity index (χ0v) is 12.5. The third kappa shape index (κ3) is 3.46. The minimum Gasteiger partial charge on any atom is -0.380 e. The third-order valence-electron chi connectivity index (χ3n) is 4.94. The first-order valence-corrected chi connectivity index (χ1v) is 7.47. The van der Waals surface area contributed by atoms with Crippen molar-refractivity contribution in [1.82, 2.24) is 10.2 Å². The predicted molar refractivity (Wildman–Crippen MR) is 75.8 cm³/mol. The van der Waals surface area contributed by atoms with E-state index in [0.717, 1.165) is 19.1 Å². The Morgan fingerprint density at radius 3 is 2.72 bits per heavy atom. The van der Waals surface area contributed by atoms with Crippen LogP contribution in [0, 0.1) is 11.3 Å². The number of nitrogens with one attached hydrogen (secondary N) is 1. The number of hydrogen-bond donors (Lipinski definition) is 1. The van der Waals surface area contributed by atoms with Gasteiger partial charge >= 0.3 is 0 Å². The maximum atomic E-state index is 5.50.